The maximum absolute atomic E-state index is 10.2. The molecule has 1 aliphatic rings. The molecule has 2 aromatic carbocycles. The Kier molecular flexibility index (Phi) is 3.33. The summed E-state index contributed by atoms with van der Waals surface area (Å²) >= 11 is 0. The first-order chi connectivity index (χ1) is 10.9. The molecule has 2 aromatic rings. The van der Waals surface area contributed by atoms with E-state index >= 15 is 0 Å². The highest BCUT2D eigenvalue weighted by molar-refractivity contribution is 5.70. The molecule has 3 rings (SSSR count). The predicted octanol–water partition coefficient (Wildman–Crippen LogP) is 2.41. The minimum absolute atomic E-state index is 0.0470. The lowest BCUT2D eigenvalue weighted by Gasteiger charge is -2.25. The van der Waals surface area contributed by atoms with E-state index in [1.165, 1.54) is 30.3 Å². The Morgan fingerprint density at radius 3 is 2.22 bits per heavy atom. The van der Waals surface area contributed by atoms with Gasteiger partial charge in [0.05, 0.1) is 6.07 Å². The lowest BCUT2D eigenvalue weighted by molar-refractivity contribution is 0.129. The number of ether oxygens (including phenoxy) is 2. The van der Waals surface area contributed by atoms with Crippen LogP contribution < -0.4 is 4.74 Å². The maximum atomic E-state index is 10.2. The van der Waals surface area contributed by atoms with Crippen LogP contribution in [-0.4, -0.2) is 37.4 Å². The van der Waals surface area contributed by atoms with Gasteiger partial charge >= 0.3 is 0 Å². The van der Waals surface area contributed by atoms with Crippen molar-refractivity contribution in [2.45, 2.75) is 6.10 Å². The number of aromatic hydroxyl groups is 5. The second kappa shape index (κ2) is 5.20. The molecule has 0 spiro atoms. The lowest BCUT2D eigenvalue weighted by atomic mass is 10.0. The van der Waals surface area contributed by atoms with Crippen LogP contribution in [0.5, 0.6) is 34.5 Å². The van der Waals surface area contributed by atoms with E-state index in [2.05, 4.69) is 4.74 Å². The molecule has 7 nitrogen and oxygen atoms in total. The Hall–Kier alpha value is -3.22. The SMILES string of the molecule is C[OH+]c1cc(O)cc2c1C=C(O)C(c1cc(O)c(O)c(O)c1)O2. The van der Waals surface area contributed by atoms with E-state index in [0.29, 0.717) is 17.1 Å². The van der Waals surface area contributed by atoms with Crippen molar-refractivity contribution in [3.63, 3.8) is 0 Å². The number of hydrogen-bond donors (Lipinski definition) is 5. The molecule has 120 valence electrons. The molecule has 7 heteroatoms. The molecular weight excluding hydrogens is 304 g/mol. The quantitative estimate of drug-likeness (QED) is 0.428. The summed E-state index contributed by atoms with van der Waals surface area (Å²) in [6, 6.07) is 5.15. The fourth-order valence-electron chi connectivity index (χ4n) is 2.45. The minimum Gasteiger partial charge on any atom is -0.584 e. The summed E-state index contributed by atoms with van der Waals surface area (Å²) in [5.41, 5.74) is 0.738. The van der Waals surface area contributed by atoms with Crippen molar-refractivity contribution in [1.82, 2.24) is 0 Å². The molecule has 0 radical (unpaired) electrons. The van der Waals surface area contributed by atoms with Gasteiger partial charge in [0.25, 0.3) is 5.75 Å². The van der Waals surface area contributed by atoms with Gasteiger partial charge in [-0.2, -0.15) is 0 Å². The fraction of sp³-hybridized carbons (Fsp3) is 0.125. The summed E-state index contributed by atoms with van der Waals surface area (Å²) in [6.07, 6.45) is 0.429. The molecule has 0 bridgehead atoms. The zero-order valence-corrected chi connectivity index (χ0v) is 12.1. The number of aliphatic hydroxyl groups is 2. The summed E-state index contributed by atoms with van der Waals surface area (Å²) in [5, 5.41) is 48.5. The first-order valence-corrected chi connectivity index (χ1v) is 6.69. The Labute approximate surface area is 130 Å². The third-order valence-electron chi connectivity index (χ3n) is 3.55. The van der Waals surface area contributed by atoms with Crippen molar-refractivity contribution < 1.29 is 35.0 Å². The monoisotopic (exact) mass is 319 g/mol. The second-order valence-electron chi connectivity index (χ2n) is 5.08. The van der Waals surface area contributed by atoms with Crippen LogP contribution in [0, 0.1) is 0 Å². The maximum Gasteiger partial charge on any atom is 0.269 e. The molecule has 1 unspecified atom stereocenters. The second-order valence-corrected chi connectivity index (χ2v) is 5.08. The van der Waals surface area contributed by atoms with Crippen molar-refractivity contribution in [3.05, 3.63) is 41.2 Å². The predicted molar refractivity (Wildman–Crippen MR) is 81.1 cm³/mol. The summed E-state index contributed by atoms with van der Waals surface area (Å²) in [7, 11) is 1.54. The van der Waals surface area contributed by atoms with Crippen molar-refractivity contribution in [3.8, 4) is 34.5 Å². The number of benzene rings is 2. The van der Waals surface area contributed by atoms with Crippen LogP contribution in [0.2, 0.25) is 0 Å². The van der Waals surface area contributed by atoms with E-state index in [9.17, 15) is 25.5 Å². The van der Waals surface area contributed by atoms with Crippen LogP contribution in [0.15, 0.2) is 30.0 Å². The van der Waals surface area contributed by atoms with Crippen LogP contribution in [0.4, 0.5) is 0 Å². The first-order valence-electron chi connectivity index (χ1n) is 6.69. The van der Waals surface area contributed by atoms with Crippen molar-refractivity contribution >= 4 is 6.08 Å². The van der Waals surface area contributed by atoms with E-state index in [1.807, 2.05) is 0 Å². The van der Waals surface area contributed by atoms with Crippen LogP contribution in [0.1, 0.15) is 17.2 Å². The van der Waals surface area contributed by atoms with Crippen molar-refractivity contribution in [2.24, 2.45) is 0 Å². The summed E-state index contributed by atoms with van der Waals surface area (Å²) in [5.74, 6) is -1.21. The third-order valence-corrected chi connectivity index (χ3v) is 3.55. The zero-order valence-electron chi connectivity index (χ0n) is 12.1. The Morgan fingerprint density at radius 1 is 0.957 bits per heavy atom. The van der Waals surface area contributed by atoms with Crippen molar-refractivity contribution in [1.29, 1.82) is 0 Å². The number of fused-ring (bicyclic) bond motifs is 1. The molecule has 6 N–H and O–H groups in total. The number of phenols is 4. The van der Waals surface area contributed by atoms with Gasteiger partial charge in [-0.1, -0.05) is 0 Å². The van der Waals surface area contributed by atoms with Crippen LogP contribution in [-0.2, 0) is 0 Å². The molecule has 0 amide bonds. The molecule has 0 saturated carbocycles. The van der Waals surface area contributed by atoms with Crippen LogP contribution in [0.25, 0.3) is 6.08 Å². The van der Waals surface area contributed by atoms with Gasteiger partial charge in [-0.3, -0.25) is 0 Å². The lowest BCUT2D eigenvalue weighted by Crippen LogP contribution is -2.15. The zero-order chi connectivity index (χ0) is 16.7. The smallest absolute Gasteiger partial charge is 0.269 e. The summed E-state index contributed by atoms with van der Waals surface area (Å²) in [6.45, 7) is 0. The molecule has 0 fully saturated rings. The van der Waals surface area contributed by atoms with Gasteiger partial charge in [0, 0.05) is 17.7 Å². The standard InChI is InChI=1S/C16H14O7/c1-22-13-4-8(17)5-14-9(13)6-12(20)16(23-14)7-2-10(18)15(21)11(19)3-7/h2-6,16-21H,1H3/p+1. The molecule has 23 heavy (non-hydrogen) atoms. The molecule has 0 aliphatic carbocycles. The normalized spacial score (nSPS) is 16.2. The summed E-state index contributed by atoms with van der Waals surface area (Å²) in [4.78, 5) is 0. The average Bonchev–Trinajstić information content (AvgIpc) is 2.51. The fourth-order valence-corrected chi connectivity index (χ4v) is 2.45. The molecule has 1 atom stereocenters. The van der Waals surface area contributed by atoms with Gasteiger partial charge in [-0.25, -0.2) is 0 Å². The van der Waals surface area contributed by atoms with E-state index in [-0.39, 0.29) is 17.1 Å². The largest absolute Gasteiger partial charge is 0.584 e. The number of aliphatic hydroxyl groups excluding tert-OH is 1. The highest BCUT2D eigenvalue weighted by Gasteiger charge is 2.29. The Bertz CT molecular complexity index is 787. The van der Waals surface area contributed by atoms with Gasteiger partial charge in [0.15, 0.2) is 30.5 Å². The number of hydrogen-bond acceptors (Lipinski definition) is 6. The molecule has 1 aliphatic heterocycles. The molecule has 1 heterocycles. The van der Waals surface area contributed by atoms with Gasteiger partial charge in [-0.15, -0.1) is 0 Å². The first kappa shape index (κ1) is 14.7. The molecule has 0 saturated heterocycles. The minimum atomic E-state index is -1.01. The molecular formula is C16H15O7+. The van der Waals surface area contributed by atoms with E-state index in [4.69, 9.17) is 4.74 Å². The van der Waals surface area contributed by atoms with Gasteiger partial charge in [0.1, 0.15) is 22.8 Å². The van der Waals surface area contributed by atoms with Crippen LogP contribution >= 0.6 is 0 Å². The van der Waals surface area contributed by atoms with Gasteiger partial charge in [0.2, 0.25) is 0 Å². The molecule has 0 aromatic heterocycles. The van der Waals surface area contributed by atoms with Crippen molar-refractivity contribution in [2.75, 3.05) is 7.11 Å². The van der Waals surface area contributed by atoms with Crippen LogP contribution in [0.3, 0.4) is 0 Å². The average molecular weight is 319 g/mol. The number of phenolic OH excluding ortho intramolecular Hbond substituents is 4. The van der Waals surface area contributed by atoms with E-state index in [1.54, 1.807) is 7.11 Å². The highest BCUT2D eigenvalue weighted by atomic mass is 16.5. The summed E-state index contributed by atoms with van der Waals surface area (Å²) < 4.78 is 9.67. The third kappa shape index (κ3) is 2.42. The Balaban J connectivity index is 2.08. The van der Waals surface area contributed by atoms with E-state index < -0.39 is 23.4 Å². The van der Waals surface area contributed by atoms with E-state index in [0.717, 1.165) is 0 Å². The number of rotatable bonds is 2. The highest BCUT2D eigenvalue weighted by Crippen LogP contribution is 2.45. The van der Waals surface area contributed by atoms with Gasteiger partial charge < -0.3 is 35.0 Å². The van der Waals surface area contributed by atoms with Gasteiger partial charge in [-0.05, 0) is 12.1 Å². The Morgan fingerprint density at radius 2 is 1.61 bits per heavy atom. The topological polar surface area (TPSA) is 123 Å².